The predicted molar refractivity (Wildman–Crippen MR) is 105 cm³/mol. The fourth-order valence-electron chi connectivity index (χ4n) is 3.53. The van der Waals surface area contributed by atoms with Crippen molar-refractivity contribution < 1.29 is 9.90 Å². The van der Waals surface area contributed by atoms with Crippen LogP contribution in [0.1, 0.15) is 107 Å². The summed E-state index contributed by atoms with van der Waals surface area (Å²) in [6, 6.07) is 1.64. The molecule has 1 N–H and O–H groups in total. The van der Waals surface area contributed by atoms with Crippen LogP contribution < -0.4 is 0 Å². The Morgan fingerprint density at radius 2 is 1.52 bits per heavy atom. The summed E-state index contributed by atoms with van der Waals surface area (Å²) in [6.07, 6.45) is 19.6. The smallest absolute Gasteiger partial charge is 0.336 e. The molecule has 0 bridgehead atoms. The molecule has 1 aromatic rings. The highest BCUT2D eigenvalue weighted by molar-refractivity contribution is 5.89. The van der Waals surface area contributed by atoms with Crippen molar-refractivity contribution in [3.63, 3.8) is 0 Å². The molecule has 0 radical (unpaired) electrons. The summed E-state index contributed by atoms with van der Waals surface area (Å²) in [6.45, 7) is 4.49. The van der Waals surface area contributed by atoms with Crippen LogP contribution in [0, 0.1) is 5.92 Å². The van der Waals surface area contributed by atoms with Gasteiger partial charge >= 0.3 is 5.97 Å². The van der Waals surface area contributed by atoms with Crippen LogP contribution >= 0.6 is 0 Å². The molecule has 1 rings (SSSR count). The number of unbranched alkanes of at least 4 members (excludes halogenated alkanes) is 8. The molecule has 1 aromatic heterocycles. The Morgan fingerprint density at radius 3 is 2.12 bits per heavy atom. The second-order valence-corrected chi connectivity index (χ2v) is 7.31. The molecule has 1 heterocycles. The van der Waals surface area contributed by atoms with E-state index in [4.69, 9.17) is 0 Å². The van der Waals surface area contributed by atoms with Crippen LogP contribution in [0.5, 0.6) is 0 Å². The Labute approximate surface area is 154 Å². The maximum absolute atomic E-state index is 11.4. The largest absolute Gasteiger partial charge is 0.478 e. The number of pyridine rings is 1. The Balaban J connectivity index is 2.53. The molecular formula is C22H37NO2. The van der Waals surface area contributed by atoms with Crippen molar-refractivity contribution in [1.82, 2.24) is 4.98 Å². The van der Waals surface area contributed by atoms with E-state index in [1.807, 2.05) is 0 Å². The van der Waals surface area contributed by atoms with Gasteiger partial charge in [0.1, 0.15) is 0 Å². The first-order valence-electron chi connectivity index (χ1n) is 10.3. The lowest BCUT2D eigenvalue weighted by molar-refractivity contribution is 0.0695. The SMILES string of the molecule is CCCCCCCCC(CCCCCC)Cc1cnccc1C(=O)O. The lowest BCUT2D eigenvalue weighted by atomic mass is 9.88. The minimum absolute atomic E-state index is 0.427. The fourth-order valence-corrected chi connectivity index (χ4v) is 3.53. The van der Waals surface area contributed by atoms with E-state index in [2.05, 4.69) is 18.8 Å². The molecule has 0 amide bonds. The lowest BCUT2D eigenvalue weighted by Gasteiger charge is -2.18. The van der Waals surface area contributed by atoms with Crippen molar-refractivity contribution in [2.75, 3.05) is 0 Å². The molecular weight excluding hydrogens is 310 g/mol. The number of hydrogen-bond acceptors (Lipinski definition) is 2. The van der Waals surface area contributed by atoms with Gasteiger partial charge in [-0.2, -0.15) is 0 Å². The molecule has 142 valence electrons. The van der Waals surface area contributed by atoms with Gasteiger partial charge < -0.3 is 5.11 Å². The van der Waals surface area contributed by atoms with Crippen LogP contribution in [0.25, 0.3) is 0 Å². The molecule has 0 spiro atoms. The molecule has 0 aliphatic heterocycles. The topological polar surface area (TPSA) is 50.2 Å². The van der Waals surface area contributed by atoms with Crippen molar-refractivity contribution in [2.45, 2.75) is 97.3 Å². The van der Waals surface area contributed by atoms with Crippen LogP contribution in [0.15, 0.2) is 18.5 Å². The summed E-state index contributed by atoms with van der Waals surface area (Å²) in [4.78, 5) is 15.6. The van der Waals surface area contributed by atoms with Gasteiger partial charge in [-0.1, -0.05) is 90.9 Å². The van der Waals surface area contributed by atoms with Gasteiger partial charge in [0.2, 0.25) is 0 Å². The molecule has 1 atom stereocenters. The minimum Gasteiger partial charge on any atom is -0.478 e. The van der Waals surface area contributed by atoms with Gasteiger partial charge in [0, 0.05) is 12.4 Å². The van der Waals surface area contributed by atoms with Crippen molar-refractivity contribution in [1.29, 1.82) is 0 Å². The zero-order valence-corrected chi connectivity index (χ0v) is 16.3. The van der Waals surface area contributed by atoms with Crippen molar-refractivity contribution in [3.8, 4) is 0 Å². The zero-order chi connectivity index (χ0) is 18.3. The fraction of sp³-hybridized carbons (Fsp3) is 0.727. The highest BCUT2D eigenvalue weighted by Gasteiger charge is 2.15. The van der Waals surface area contributed by atoms with Crippen molar-refractivity contribution in [2.24, 2.45) is 5.92 Å². The molecule has 0 saturated carbocycles. The standard InChI is InChI=1S/C22H37NO2/c1-3-5-7-9-10-12-14-19(13-11-8-6-4-2)17-20-18-23-16-15-21(20)22(24)25/h15-16,18-19H,3-14,17H2,1-2H3,(H,24,25). The first-order chi connectivity index (χ1) is 12.2. The zero-order valence-electron chi connectivity index (χ0n) is 16.3. The first kappa shape index (κ1) is 21.7. The molecule has 1 unspecified atom stereocenters. The Kier molecular flexibility index (Phi) is 12.0. The average molecular weight is 348 g/mol. The summed E-state index contributed by atoms with van der Waals surface area (Å²) in [5.74, 6) is -0.243. The molecule has 0 aliphatic rings. The van der Waals surface area contributed by atoms with E-state index in [1.165, 1.54) is 77.0 Å². The molecule has 0 fully saturated rings. The Bertz CT molecular complexity index is 473. The number of aromatic nitrogens is 1. The second-order valence-electron chi connectivity index (χ2n) is 7.31. The van der Waals surface area contributed by atoms with E-state index in [-0.39, 0.29) is 0 Å². The molecule has 25 heavy (non-hydrogen) atoms. The van der Waals surface area contributed by atoms with Gasteiger partial charge in [-0.25, -0.2) is 4.79 Å². The van der Waals surface area contributed by atoms with Gasteiger partial charge in [0.05, 0.1) is 5.56 Å². The quantitative estimate of drug-likeness (QED) is 0.361. The summed E-state index contributed by atoms with van der Waals surface area (Å²) >= 11 is 0. The van der Waals surface area contributed by atoms with E-state index in [0.717, 1.165) is 12.0 Å². The van der Waals surface area contributed by atoms with Crippen molar-refractivity contribution >= 4 is 5.97 Å². The summed E-state index contributed by atoms with van der Waals surface area (Å²) in [5.41, 5.74) is 1.33. The van der Waals surface area contributed by atoms with E-state index in [1.54, 1.807) is 18.5 Å². The lowest BCUT2D eigenvalue weighted by Crippen LogP contribution is -2.10. The third-order valence-electron chi connectivity index (χ3n) is 5.07. The summed E-state index contributed by atoms with van der Waals surface area (Å²) in [5, 5.41) is 9.39. The first-order valence-corrected chi connectivity index (χ1v) is 10.3. The molecule has 0 saturated heterocycles. The normalized spacial score (nSPS) is 12.2. The van der Waals surface area contributed by atoms with Crippen LogP contribution in [-0.4, -0.2) is 16.1 Å². The number of rotatable bonds is 15. The van der Waals surface area contributed by atoms with Gasteiger partial charge in [0.25, 0.3) is 0 Å². The predicted octanol–water partition coefficient (Wildman–Crippen LogP) is 6.66. The van der Waals surface area contributed by atoms with Gasteiger partial charge in [-0.3, -0.25) is 4.98 Å². The summed E-state index contributed by atoms with van der Waals surface area (Å²) in [7, 11) is 0. The Morgan fingerprint density at radius 1 is 0.960 bits per heavy atom. The van der Waals surface area contributed by atoms with Crippen LogP contribution in [0.4, 0.5) is 0 Å². The highest BCUT2D eigenvalue weighted by atomic mass is 16.4. The highest BCUT2D eigenvalue weighted by Crippen LogP contribution is 2.24. The van der Waals surface area contributed by atoms with E-state index in [0.29, 0.717) is 11.5 Å². The van der Waals surface area contributed by atoms with E-state index in [9.17, 15) is 9.90 Å². The van der Waals surface area contributed by atoms with Gasteiger partial charge in [-0.05, 0) is 24.0 Å². The molecule has 0 aromatic carbocycles. The van der Waals surface area contributed by atoms with Crippen LogP contribution in [0.2, 0.25) is 0 Å². The number of nitrogens with zero attached hydrogens (tertiary/aromatic N) is 1. The van der Waals surface area contributed by atoms with Crippen molar-refractivity contribution in [3.05, 3.63) is 29.6 Å². The number of aromatic carboxylic acids is 1. The number of carboxylic acid groups (broad SMARTS) is 1. The number of hydrogen-bond donors (Lipinski definition) is 1. The third-order valence-corrected chi connectivity index (χ3v) is 5.07. The molecule has 0 aliphatic carbocycles. The minimum atomic E-state index is -0.832. The monoisotopic (exact) mass is 347 g/mol. The number of carboxylic acids is 1. The summed E-state index contributed by atoms with van der Waals surface area (Å²) < 4.78 is 0. The van der Waals surface area contributed by atoms with E-state index < -0.39 is 5.97 Å². The second kappa shape index (κ2) is 13.9. The third kappa shape index (κ3) is 9.62. The average Bonchev–Trinajstić information content (AvgIpc) is 2.61. The maximum Gasteiger partial charge on any atom is 0.336 e. The van der Waals surface area contributed by atoms with Gasteiger partial charge in [-0.15, -0.1) is 0 Å². The Hall–Kier alpha value is -1.38. The van der Waals surface area contributed by atoms with Crippen LogP contribution in [0.3, 0.4) is 0 Å². The maximum atomic E-state index is 11.4. The van der Waals surface area contributed by atoms with Crippen LogP contribution in [-0.2, 0) is 6.42 Å². The molecule has 3 nitrogen and oxygen atoms in total. The van der Waals surface area contributed by atoms with E-state index >= 15 is 0 Å². The van der Waals surface area contributed by atoms with Gasteiger partial charge in [0.15, 0.2) is 0 Å². The number of carbonyl (C=O) groups is 1. The molecule has 3 heteroatoms.